The van der Waals surface area contributed by atoms with Gasteiger partial charge in [-0.3, -0.25) is 0 Å². The summed E-state index contributed by atoms with van der Waals surface area (Å²) in [5.74, 6) is 0.948. The van der Waals surface area contributed by atoms with Crippen molar-refractivity contribution >= 4 is 21.7 Å². The topological polar surface area (TPSA) is 71.9 Å². The fourth-order valence-corrected chi connectivity index (χ4v) is 3.04. The van der Waals surface area contributed by atoms with Crippen LogP contribution < -0.4 is 10.5 Å². The van der Waals surface area contributed by atoms with Crippen LogP contribution in [0.2, 0.25) is 0 Å². The third-order valence-corrected chi connectivity index (χ3v) is 4.31. The summed E-state index contributed by atoms with van der Waals surface area (Å²) in [5, 5.41) is 9.49. The predicted molar refractivity (Wildman–Crippen MR) is 98.5 cm³/mol. The number of anilines is 1. The summed E-state index contributed by atoms with van der Waals surface area (Å²) in [4.78, 5) is 4.38. The van der Waals surface area contributed by atoms with Gasteiger partial charge in [-0.1, -0.05) is 36.4 Å². The molecule has 3 aromatic rings. The predicted octanol–water partition coefficient (Wildman–Crippen LogP) is 4.64. The largest absolute Gasteiger partial charge is 0.496 e. The van der Waals surface area contributed by atoms with Gasteiger partial charge in [0.15, 0.2) is 0 Å². The quantitative estimate of drug-likeness (QED) is 0.719. The molecule has 3 rings (SSSR count). The number of hydrogen-bond acceptors (Lipinski definition) is 4. The minimum atomic E-state index is 0.223. The molecule has 2 aromatic carbocycles. The molecule has 0 unspecified atom stereocenters. The second-order valence-electron chi connectivity index (χ2n) is 5.14. The Morgan fingerprint density at radius 2 is 1.83 bits per heavy atom. The van der Waals surface area contributed by atoms with E-state index in [1.807, 2.05) is 54.6 Å². The Morgan fingerprint density at radius 1 is 1.08 bits per heavy atom. The SMILES string of the molecule is COc1ccc(-c2cc(-c3ccccc3)nc(N)c2C#N)cc1Br. The van der Waals surface area contributed by atoms with Gasteiger partial charge in [0.25, 0.3) is 0 Å². The lowest BCUT2D eigenvalue weighted by molar-refractivity contribution is 0.412. The number of ether oxygens (including phenoxy) is 1. The van der Waals surface area contributed by atoms with Crippen molar-refractivity contribution < 1.29 is 4.74 Å². The molecular weight excluding hydrogens is 366 g/mol. The number of benzene rings is 2. The highest BCUT2D eigenvalue weighted by Gasteiger charge is 2.14. The zero-order valence-electron chi connectivity index (χ0n) is 13.0. The normalized spacial score (nSPS) is 10.2. The van der Waals surface area contributed by atoms with Crippen molar-refractivity contribution in [3.8, 4) is 34.2 Å². The number of halogens is 1. The molecule has 1 heterocycles. The molecule has 0 spiro atoms. The molecule has 0 amide bonds. The Morgan fingerprint density at radius 3 is 2.46 bits per heavy atom. The lowest BCUT2D eigenvalue weighted by atomic mass is 9.98. The Balaban J connectivity index is 2.21. The van der Waals surface area contributed by atoms with E-state index in [1.165, 1.54) is 0 Å². The van der Waals surface area contributed by atoms with E-state index in [-0.39, 0.29) is 5.82 Å². The number of nitrogen functional groups attached to an aromatic ring is 1. The molecule has 4 nitrogen and oxygen atoms in total. The van der Waals surface area contributed by atoms with Crippen molar-refractivity contribution in [2.75, 3.05) is 12.8 Å². The first kappa shape index (κ1) is 16.0. The molecule has 0 saturated heterocycles. The van der Waals surface area contributed by atoms with Gasteiger partial charge in [0.2, 0.25) is 0 Å². The first-order valence-electron chi connectivity index (χ1n) is 7.24. The van der Waals surface area contributed by atoms with Gasteiger partial charge in [-0.2, -0.15) is 5.26 Å². The van der Waals surface area contributed by atoms with Gasteiger partial charge >= 0.3 is 0 Å². The van der Waals surface area contributed by atoms with Gasteiger partial charge in [0, 0.05) is 11.1 Å². The fourth-order valence-electron chi connectivity index (χ4n) is 2.50. The highest BCUT2D eigenvalue weighted by molar-refractivity contribution is 9.10. The molecule has 0 fully saturated rings. The van der Waals surface area contributed by atoms with E-state index in [2.05, 4.69) is 27.0 Å². The van der Waals surface area contributed by atoms with E-state index in [4.69, 9.17) is 10.5 Å². The molecule has 24 heavy (non-hydrogen) atoms. The molecule has 0 saturated carbocycles. The first-order valence-corrected chi connectivity index (χ1v) is 8.03. The fraction of sp³-hybridized carbons (Fsp3) is 0.0526. The van der Waals surface area contributed by atoms with Crippen molar-refractivity contribution in [3.63, 3.8) is 0 Å². The number of aromatic nitrogens is 1. The maximum atomic E-state index is 9.49. The van der Waals surface area contributed by atoms with E-state index in [0.29, 0.717) is 5.56 Å². The molecule has 0 aliphatic heterocycles. The minimum absolute atomic E-state index is 0.223. The van der Waals surface area contributed by atoms with Crippen LogP contribution in [0.1, 0.15) is 5.56 Å². The summed E-state index contributed by atoms with van der Waals surface area (Å²) in [6, 6.07) is 19.4. The average molecular weight is 380 g/mol. The van der Waals surface area contributed by atoms with Crippen molar-refractivity contribution in [2.24, 2.45) is 0 Å². The van der Waals surface area contributed by atoms with Gasteiger partial charge in [-0.15, -0.1) is 0 Å². The van der Waals surface area contributed by atoms with Gasteiger partial charge in [0.1, 0.15) is 23.2 Å². The third kappa shape index (κ3) is 2.97. The number of hydrogen-bond donors (Lipinski definition) is 1. The highest BCUT2D eigenvalue weighted by Crippen LogP contribution is 2.35. The van der Waals surface area contributed by atoms with E-state index in [1.54, 1.807) is 7.11 Å². The molecule has 0 bridgehead atoms. The maximum absolute atomic E-state index is 9.49. The number of nitrogens with two attached hydrogens (primary N) is 1. The van der Waals surface area contributed by atoms with E-state index < -0.39 is 0 Å². The van der Waals surface area contributed by atoms with Crippen LogP contribution >= 0.6 is 15.9 Å². The molecule has 118 valence electrons. The van der Waals surface area contributed by atoms with Crippen molar-refractivity contribution in [1.82, 2.24) is 4.98 Å². The summed E-state index contributed by atoms with van der Waals surface area (Å²) in [6.07, 6.45) is 0. The zero-order valence-corrected chi connectivity index (χ0v) is 14.5. The third-order valence-electron chi connectivity index (χ3n) is 3.69. The highest BCUT2D eigenvalue weighted by atomic mass is 79.9. The number of nitrogens with zero attached hydrogens (tertiary/aromatic N) is 2. The lowest BCUT2D eigenvalue weighted by Crippen LogP contribution is -2.00. The van der Waals surface area contributed by atoms with Gasteiger partial charge in [-0.25, -0.2) is 4.98 Å². The zero-order chi connectivity index (χ0) is 17.1. The smallest absolute Gasteiger partial charge is 0.142 e. The number of pyridine rings is 1. The van der Waals surface area contributed by atoms with Crippen molar-refractivity contribution in [1.29, 1.82) is 5.26 Å². The van der Waals surface area contributed by atoms with Crippen LogP contribution in [0.25, 0.3) is 22.4 Å². The molecule has 0 aliphatic rings. The molecule has 1 aromatic heterocycles. The second-order valence-corrected chi connectivity index (χ2v) is 6.00. The summed E-state index contributed by atoms with van der Waals surface area (Å²) in [7, 11) is 1.61. The lowest BCUT2D eigenvalue weighted by Gasteiger charge is -2.11. The standard InChI is InChI=1S/C19H14BrN3O/c1-24-18-8-7-13(9-16(18)20)14-10-17(12-5-3-2-4-6-12)23-19(22)15(14)11-21/h2-10H,1H3,(H2,22,23). The van der Waals surface area contributed by atoms with Crippen LogP contribution in [-0.2, 0) is 0 Å². The molecular formula is C19H14BrN3O. The number of nitriles is 1. The van der Waals surface area contributed by atoms with Crippen molar-refractivity contribution in [2.45, 2.75) is 0 Å². The monoisotopic (exact) mass is 379 g/mol. The van der Waals surface area contributed by atoms with Crippen LogP contribution in [-0.4, -0.2) is 12.1 Å². The maximum Gasteiger partial charge on any atom is 0.142 e. The molecule has 0 radical (unpaired) electrons. The first-order chi connectivity index (χ1) is 11.6. The van der Waals surface area contributed by atoms with Crippen LogP contribution in [0.15, 0.2) is 59.1 Å². The summed E-state index contributed by atoms with van der Waals surface area (Å²) < 4.78 is 6.07. The van der Waals surface area contributed by atoms with Crippen LogP contribution in [0, 0.1) is 11.3 Å². The molecule has 0 atom stereocenters. The van der Waals surface area contributed by atoms with E-state index in [9.17, 15) is 5.26 Å². The van der Waals surface area contributed by atoms with Crippen LogP contribution in [0.5, 0.6) is 5.75 Å². The number of rotatable bonds is 3. The Kier molecular flexibility index (Phi) is 4.50. The minimum Gasteiger partial charge on any atom is -0.496 e. The number of methoxy groups -OCH3 is 1. The second kappa shape index (κ2) is 6.73. The molecule has 5 heteroatoms. The summed E-state index contributed by atoms with van der Waals surface area (Å²) in [6.45, 7) is 0. The summed E-state index contributed by atoms with van der Waals surface area (Å²) >= 11 is 3.48. The van der Waals surface area contributed by atoms with Crippen molar-refractivity contribution in [3.05, 3.63) is 64.6 Å². The summed E-state index contributed by atoms with van der Waals surface area (Å²) in [5.41, 5.74) is 9.69. The van der Waals surface area contributed by atoms with Crippen LogP contribution in [0.3, 0.4) is 0 Å². The van der Waals surface area contributed by atoms with Gasteiger partial charge in [0.05, 0.1) is 17.3 Å². The Bertz CT molecular complexity index is 933. The van der Waals surface area contributed by atoms with E-state index in [0.717, 1.165) is 32.6 Å². The van der Waals surface area contributed by atoms with Gasteiger partial charge < -0.3 is 10.5 Å². The van der Waals surface area contributed by atoms with Gasteiger partial charge in [-0.05, 0) is 39.7 Å². The Labute approximate surface area is 148 Å². The van der Waals surface area contributed by atoms with E-state index >= 15 is 0 Å². The average Bonchev–Trinajstić information content (AvgIpc) is 2.61. The van der Waals surface area contributed by atoms with Crippen LogP contribution in [0.4, 0.5) is 5.82 Å². The molecule has 0 aliphatic carbocycles. The molecule has 2 N–H and O–H groups in total. The Hall–Kier alpha value is -2.84.